The summed E-state index contributed by atoms with van der Waals surface area (Å²) in [6.07, 6.45) is 5.52. The minimum Gasteiger partial charge on any atom is -0.399 e. The zero-order valence-electron chi connectivity index (χ0n) is 7.66. The fourth-order valence-electron chi connectivity index (χ4n) is 1.76. The predicted molar refractivity (Wildman–Crippen MR) is 53.2 cm³/mol. The van der Waals surface area contributed by atoms with Gasteiger partial charge in [-0.1, -0.05) is 6.42 Å². The van der Waals surface area contributed by atoms with E-state index in [-0.39, 0.29) is 0 Å². The molecular weight excluding hydrogens is 162 g/mol. The molecule has 0 aromatic carbocycles. The van der Waals surface area contributed by atoms with Gasteiger partial charge in [0.1, 0.15) is 0 Å². The molecule has 0 spiro atoms. The molecule has 0 unspecified atom stereocenters. The molecule has 3 heteroatoms. The van der Waals surface area contributed by atoms with Gasteiger partial charge in [-0.3, -0.25) is 4.98 Å². The third-order valence-electron chi connectivity index (χ3n) is 2.47. The summed E-state index contributed by atoms with van der Waals surface area (Å²) in [4.78, 5) is 4.32. The fraction of sp³-hybridized carbons (Fsp3) is 0.500. The van der Waals surface area contributed by atoms with Crippen LogP contribution in [0.4, 0.5) is 5.69 Å². The van der Waals surface area contributed by atoms with Crippen LogP contribution in [0.15, 0.2) is 18.3 Å². The SMILES string of the molecule is Nc1ccnc([C@H]2CCCCN2)c1. The molecule has 3 N–H and O–H groups in total. The van der Waals surface area contributed by atoms with Gasteiger partial charge < -0.3 is 11.1 Å². The van der Waals surface area contributed by atoms with Crippen molar-refractivity contribution in [2.45, 2.75) is 25.3 Å². The summed E-state index contributed by atoms with van der Waals surface area (Å²) < 4.78 is 0. The van der Waals surface area contributed by atoms with Gasteiger partial charge in [0.2, 0.25) is 0 Å². The van der Waals surface area contributed by atoms with Crippen molar-refractivity contribution in [3.63, 3.8) is 0 Å². The number of pyridine rings is 1. The second kappa shape index (κ2) is 3.75. The van der Waals surface area contributed by atoms with E-state index in [9.17, 15) is 0 Å². The van der Waals surface area contributed by atoms with E-state index in [2.05, 4.69) is 10.3 Å². The highest BCUT2D eigenvalue weighted by Crippen LogP contribution is 2.21. The van der Waals surface area contributed by atoms with E-state index in [1.807, 2.05) is 12.1 Å². The second-order valence-corrected chi connectivity index (χ2v) is 3.52. The van der Waals surface area contributed by atoms with Gasteiger partial charge in [0, 0.05) is 17.9 Å². The van der Waals surface area contributed by atoms with Crippen molar-refractivity contribution in [1.29, 1.82) is 0 Å². The Kier molecular flexibility index (Phi) is 2.45. The molecule has 2 rings (SSSR count). The van der Waals surface area contributed by atoms with Gasteiger partial charge in [0.25, 0.3) is 0 Å². The van der Waals surface area contributed by atoms with Crippen LogP contribution in [0.1, 0.15) is 31.0 Å². The summed E-state index contributed by atoms with van der Waals surface area (Å²) in [7, 11) is 0. The number of nitrogens with two attached hydrogens (primary N) is 1. The molecule has 1 saturated heterocycles. The molecule has 0 bridgehead atoms. The van der Waals surface area contributed by atoms with Crippen LogP contribution in [0.5, 0.6) is 0 Å². The minimum atomic E-state index is 0.414. The molecule has 3 nitrogen and oxygen atoms in total. The molecule has 0 aliphatic carbocycles. The molecule has 1 aliphatic rings. The van der Waals surface area contributed by atoms with Gasteiger partial charge in [-0.05, 0) is 31.5 Å². The van der Waals surface area contributed by atoms with Gasteiger partial charge in [0.15, 0.2) is 0 Å². The van der Waals surface area contributed by atoms with Crippen molar-refractivity contribution in [3.8, 4) is 0 Å². The molecule has 1 aromatic heterocycles. The Bertz CT molecular complexity index is 279. The lowest BCUT2D eigenvalue weighted by Gasteiger charge is -2.22. The number of rotatable bonds is 1. The first-order valence-corrected chi connectivity index (χ1v) is 4.81. The summed E-state index contributed by atoms with van der Waals surface area (Å²) in [5, 5.41) is 3.44. The van der Waals surface area contributed by atoms with Crippen molar-refractivity contribution >= 4 is 5.69 Å². The number of piperidine rings is 1. The number of aromatic nitrogens is 1. The van der Waals surface area contributed by atoms with E-state index < -0.39 is 0 Å². The minimum absolute atomic E-state index is 0.414. The van der Waals surface area contributed by atoms with E-state index in [0.29, 0.717) is 6.04 Å². The largest absolute Gasteiger partial charge is 0.399 e. The van der Waals surface area contributed by atoms with Gasteiger partial charge in [-0.25, -0.2) is 0 Å². The van der Waals surface area contributed by atoms with Crippen LogP contribution in [-0.4, -0.2) is 11.5 Å². The molecule has 0 radical (unpaired) electrons. The van der Waals surface area contributed by atoms with Crippen LogP contribution in [0.25, 0.3) is 0 Å². The topological polar surface area (TPSA) is 50.9 Å². The highest BCUT2D eigenvalue weighted by Gasteiger charge is 2.15. The van der Waals surface area contributed by atoms with Crippen molar-refractivity contribution in [2.24, 2.45) is 0 Å². The van der Waals surface area contributed by atoms with Gasteiger partial charge in [-0.2, -0.15) is 0 Å². The lowest BCUT2D eigenvalue weighted by Crippen LogP contribution is -2.27. The smallest absolute Gasteiger partial charge is 0.0593 e. The second-order valence-electron chi connectivity index (χ2n) is 3.52. The molecule has 1 aromatic rings. The van der Waals surface area contributed by atoms with Gasteiger partial charge in [-0.15, -0.1) is 0 Å². The summed E-state index contributed by atoms with van der Waals surface area (Å²) in [6, 6.07) is 4.20. The molecule has 70 valence electrons. The molecule has 13 heavy (non-hydrogen) atoms. The lowest BCUT2D eigenvalue weighted by atomic mass is 10.0. The highest BCUT2D eigenvalue weighted by molar-refractivity contribution is 5.38. The first kappa shape index (κ1) is 8.51. The quantitative estimate of drug-likeness (QED) is 0.683. The Balaban J connectivity index is 2.14. The van der Waals surface area contributed by atoms with E-state index in [1.165, 1.54) is 19.3 Å². The molecule has 1 atom stereocenters. The number of hydrogen-bond acceptors (Lipinski definition) is 3. The zero-order chi connectivity index (χ0) is 9.10. The Morgan fingerprint density at radius 3 is 3.08 bits per heavy atom. The van der Waals surface area contributed by atoms with Crippen LogP contribution in [-0.2, 0) is 0 Å². The Morgan fingerprint density at radius 2 is 2.38 bits per heavy atom. The van der Waals surface area contributed by atoms with Crippen molar-refractivity contribution < 1.29 is 0 Å². The molecule has 1 fully saturated rings. The number of nitrogens with zero attached hydrogens (tertiary/aromatic N) is 1. The number of nitrogen functional groups attached to an aromatic ring is 1. The number of nitrogens with one attached hydrogen (secondary N) is 1. The maximum atomic E-state index is 5.70. The van der Waals surface area contributed by atoms with Gasteiger partial charge >= 0.3 is 0 Å². The Morgan fingerprint density at radius 1 is 1.46 bits per heavy atom. The first-order chi connectivity index (χ1) is 6.36. The standard InChI is InChI=1S/C10H15N3/c11-8-4-6-13-10(7-8)9-3-1-2-5-12-9/h4,6-7,9,12H,1-3,5H2,(H2,11,13)/t9-/m1/s1. The maximum Gasteiger partial charge on any atom is 0.0593 e. The average Bonchev–Trinajstić information content (AvgIpc) is 2.19. The van der Waals surface area contributed by atoms with Crippen LogP contribution in [0, 0.1) is 0 Å². The highest BCUT2D eigenvalue weighted by atomic mass is 14.9. The molecule has 0 saturated carbocycles. The maximum absolute atomic E-state index is 5.70. The Hall–Kier alpha value is -1.09. The fourth-order valence-corrected chi connectivity index (χ4v) is 1.76. The van der Waals surface area contributed by atoms with E-state index in [0.717, 1.165) is 17.9 Å². The normalized spacial score (nSPS) is 22.9. The van der Waals surface area contributed by atoms with E-state index >= 15 is 0 Å². The molecular formula is C10H15N3. The summed E-state index contributed by atoms with van der Waals surface area (Å²) in [5.74, 6) is 0. The molecule has 1 aliphatic heterocycles. The van der Waals surface area contributed by atoms with Crippen molar-refractivity contribution in [1.82, 2.24) is 10.3 Å². The monoisotopic (exact) mass is 177 g/mol. The molecule has 0 amide bonds. The van der Waals surface area contributed by atoms with E-state index in [1.54, 1.807) is 6.20 Å². The van der Waals surface area contributed by atoms with Gasteiger partial charge in [0.05, 0.1) is 5.69 Å². The van der Waals surface area contributed by atoms with Crippen LogP contribution in [0.2, 0.25) is 0 Å². The van der Waals surface area contributed by atoms with Crippen molar-refractivity contribution in [2.75, 3.05) is 12.3 Å². The number of anilines is 1. The lowest BCUT2D eigenvalue weighted by molar-refractivity contribution is 0.405. The third-order valence-corrected chi connectivity index (χ3v) is 2.47. The summed E-state index contributed by atoms with van der Waals surface area (Å²) in [6.45, 7) is 1.10. The summed E-state index contributed by atoms with van der Waals surface area (Å²) >= 11 is 0. The van der Waals surface area contributed by atoms with Crippen LogP contribution < -0.4 is 11.1 Å². The molecule has 2 heterocycles. The van der Waals surface area contributed by atoms with E-state index in [4.69, 9.17) is 5.73 Å². The average molecular weight is 177 g/mol. The first-order valence-electron chi connectivity index (χ1n) is 4.81. The predicted octanol–water partition coefficient (Wildman–Crippen LogP) is 1.48. The van der Waals surface area contributed by atoms with Crippen LogP contribution >= 0.6 is 0 Å². The summed E-state index contributed by atoms with van der Waals surface area (Å²) in [5.41, 5.74) is 7.58. The van der Waals surface area contributed by atoms with Crippen molar-refractivity contribution in [3.05, 3.63) is 24.0 Å². The van der Waals surface area contributed by atoms with Crippen LogP contribution in [0.3, 0.4) is 0 Å². The number of hydrogen-bond donors (Lipinski definition) is 2. The Labute approximate surface area is 78.4 Å². The zero-order valence-corrected chi connectivity index (χ0v) is 7.66. The third kappa shape index (κ3) is 1.98.